The number of rotatable bonds is 10. The smallest absolute Gasteiger partial charge is 0.323 e. The third-order valence-electron chi connectivity index (χ3n) is 3.31. The van der Waals surface area contributed by atoms with Crippen molar-refractivity contribution in [2.75, 3.05) is 19.7 Å². The molecule has 0 radical (unpaired) electrons. The highest BCUT2D eigenvalue weighted by Crippen LogP contribution is 2.14. The summed E-state index contributed by atoms with van der Waals surface area (Å²) in [5.41, 5.74) is 0.577. The lowest BCUT2D eigenvalue weighted by atomic mass is 10.1. The van der Waals surface area contributed by atoms with E-state index in [1.807, 2.05) is 13.8 Å². The largest absolute Gasteiger partial charge is 0.494 e. The van der Waals surface area contributed by atoms with Crippen LogP contribution in [-0.2, 0) is 9.59 Å². The second-order valence-electron chi connectivity index (χ2n) is 6.10. The van der Waals surface area contributed by atoms with E-state index >= 15 is 0 Å². The van der Waals surface area contributed by atoms with E-state index in [4.69, 9.17) is 9.84 Å². The minimum absolute atomic E-state index is 0.0337. The maximum absolute atomic E-state index is 12.1. The molecule has 0 saturated carbocycles. The van der Waals surface area contributed by atoms with Crippen LogP contribution in [0, 0.1) is 5.92 Å². The maximum Gasteiger partial charge on any atom is 0.323 e. The summed E-state index contributed by atoms with van der Waals surface area (Å²) in [6.07, 6.45) is 0.712. The summed E-state index contributed by atoms with van der Waals surface area (Å²) in [5, 5.41) is 8.89. The van der Waals surface area contributed by atoms with Gasteiger partial charge in [-0.1, -0.05) is 26.0 Å². The maximum atomic E-state index is 12.1. The van der Waals surface area contributed by atoms with Gasteiger partial charge in [-0.2, -0.15) is 0 Å². The average Bonchev–Trinajstić information content (AvgIpc) is 2.50. The summed E-state index contributed by atoms with van der Waals surface area (Å²) in [6, 6.07) is 6.88. The number of Topliss-reactive ketones (excluding diaryl/α,β-unsaturated/α-hetero) is 1. The highest BCUT2D eigenvalue weighted by molar-refractivity contribution is 5.94. The number of ether oxygens (including phenoxy) is 1. The van der Waals surface area contributed by atoms with Gasteiger partial charge in [-0.25, -0.2) is 0 Å². The molecule has 1 amide bonds. The Balaban J connectivity index is 2.44. The van der Waals surface area contributed by atoms with E-state index in [0.717, 1.165) is 0 Å². The normalized spacial score (nSPS) is 10.5. The van der Waals surface area contributed by atoms with E-state index in [-0.39, 0.29) is 30.6 Å². The van der Waals surface area contributed by atoms with Crippen LogP contribution in [0.5, 0.6) is 5.75 Å². The van der Waals surface area contributed by atoms with E-state index in [9.17, 15) is 14.4 Å². The fraction of sp³-hybridized carbons (Fsp3) is 0.500. The molecule has 6 heteroatoms. The first-order valence-corrected chi connectivity index (χ1v) is 8.03. The van der Waals surface area contributed by atoms with Crippen LogP contribution >= 0.6 is 0 Å². The molecule has 24 heavy (non-hydrogen) atoms. The zero-order chi connectivity index (χ0) is 18.1. The molecule has 0 atom stereocenters. The molecule has 1 aromatic rings. The molecule has 0 unspecified atom stereocenters. The highest BCUT2D eigenvalue weighted by Gasteiger charge is 2.17. The van der Waals surface area contributed by atoms with Gasteiger partial charge in [0, 0.05) is 18.5 Å². The van der Waals surface area contributed by atoms with Crippen LogP contribution in [-0.4, -0.2) is 47.4 Å². The van der Waals surface area contributed by atoms with Crippen LogP contribution in [0.15, 0.2) is 24.3 Å². The summed E-state index contributed by atoms with van der Waals surface area (Å²) in [5.74, 6) is -0.444. The summed E-state index contributed by atoms with van der Waals surface area (Å²) < 4.78 is 5.55. The Morgan fingerprint density at radius 1 is 1.25 bits per heavy atom. The summed E-state index contributed by atoms with van der Waals surface area (Å²) in [4.78, 5) is 35.7. The second kappa shape index (κ2) is 9.70. The molecule has 0 heterocycles. The number of aliphatic carboxylic acids is 1. The van der Waals surface area contributed by atoms with Gasteiger partial charge in [0.1, 0.15) is 12.3 Å². The summed E-state index contributed by atoms with van der Waals surface area (Å²) >= 11 is 0. The monoisotopic (exact) mass is 335 g/mol. The highest BCUT2D eigenvalue weighted by atomic mass is 16.5. The van der Waals surface area contributed by atoms with Gasteiger partial charge in [0.15, 0.2) is 5.78 Å². The van der Waals surface area contributed by atoms with Gasteiger partial charge in [-0.05, 0) is 31.4 Å². The molecule has 0 spiro atoms. The molecule has 0 bridgehead atoms. The molecule has 1 aromatic carbocycles. The lowest BCUT2D eigenvalue weighted by molar-refractivity contribution is -0.144. The molecule has 6 nitrogen and oxygen atoms in total. The van der Waals surface area contributed by atoms with E-state index in [2.05, 4.69) is 0 Å². The predicted molar refractivity (Wildman–Crippen MR) is 90.2 cm³/mol. The summed E-state index contributed by atoms with van der Waals surface area (Å²) in [6.45, 7) is 5.84. The minimum Gasteiger partial charge on any atom is -0.494 e. The Morgan fingerprint density at radius 2 is 1.96 bits per heavy atom. The van der Waals surface area contributed by atoms with Crippen LogP contribution in [0.2, 0.25) is 0 Å². The van der Waals surface area contributed by atoms with Crippen LogP contribution in [0.4, 0.5) is 0 Å². The van der Waals surface area contributed by atoms with Crippen molar-refractivity contribution in [1.82, 2.24) is 4.90 Å². The zero-order valence-electron chi connectivity index (χ0n) is 14.4. The second-order valence-corrected chi connectivity index (χ2v) is 6.10. The van der Waals surface area contributed by atoms with Gasteiger partial charge in [0.05, 0.1) is 6.61 Å². The number of nitrogens with zero attached hydrogens (tertiary/aromatic N) is 1. The van der Waals surface area contributed by atoms with E-state index in [0.29, 0.717) is 30.9 Å². The molecule has 0 aliphatic heterocycles. The number of benzene rings is 1. The minimum atomic E-state index is -1.01. The van der Waals surface area contributed by atoms with Gasteiger partial charge in [-0.3, -0.25) is 14.4 Å². The van der Waals surface area contributed by atoms with Crippen molar-refractivity contribution in [3.05, 3.63) is 29.8 Å². The lowest BCUT2D eigenvalue weighted by Gasteiger charge is -2.22. The van der Waals surface area contributed by atoms with E-state index < -0.39 is 5.97 Å². The topological polar surface area (TPSA) is 83.9 Å². The van der Waals surface area contributed by atoms with Gasteiger partial charge in [0.25, 0.3) is 0 Å². The SMILES string of the molecule is CC(=O)c1cccc(OCCCC(=O)N(CC(=O)O)CC(C)C)c1. The van der Waals surface area contributed by atoms with E-state index in [1.165, 1.54) is 11.8 Å². The van der Waals surface area contributed by atoms with Gasteiger partial charge in [0.2, 0.25) is 5.91 Å². The Labute approximate surface area is 142 Å². The molecule has 0 saturated heterocycles. The van der Waals surface area contributed by atoms with Crippen molar-refractivity contribution < 1.29 is 24.2 Å². The Hall–Kier alpha value is -2.37. The van der Waals surface area contributed by atoms with E-state index in [1.54, 1.807) is 24.3 Å². The molecular weight excluding hydrogens is 310 g/mol. The predicted octanol–water partition coefficient (Wildman–Crippen LogP) is 2.62. The molecule has 132 valence electrons. The fourth-order valence-corrected chi connectivity index (χ4v) is 2.23. The van der Waals surface area contributed by atoms with Crippen molar-refractivity contribution in [1.29, 1.82) is 0 Å². The van der Waals surface area contributed by atoms with Gasteiger partial charge < -0.3 is 14.7 Å². The van der Waals surface area contributed by atoms with Crippen LogP contribution in [0.25, 0.3) is 0 Å². The quantitative estimate of drug-likeness (QED) is 0.525. The van der Waals surface area contributed by atoms with Gasteiger partial charge >= 0.3 is 5.97 Å². The molecule has 0 aliphatic carbocycles. The van der Waals surface area contributed by atoms with Crippen molar-refractivity contribution in [2.45, 2.75) is 33.6 Å². The number of carboxylic acids is 1. The Morgan fingerprint density at radius 3 is 2.54 bits per heavy atom. The lowest BCUT2D eigenvalue weighted by Crippen LogP contribution is -2.38. The van der Waals surface area contributed by atoms with Crippen molar-refractivity contribution in [3.8, 4) is 5.75 Å². The number of amides is 1. The number of ketones is 1. The van der Waals surface area contributed by atoms with Gasteiger partial charge in [-0.15, -0.1) is 0 Å². The van der Waals surface area contributed by atoms with Crippen molar-refractivity contribution >= 4 is 17.7 Å². The number of hydrogen-bond acceptors (Lipinski definition) is 4. The molecular formula is C18H25NO5. The average molecular weight is 335 g/mol. The first-order chi connectivity index (χ1) is 11.3. The molecule has 1 rings (SSSR count). The number of carbonyl (C=O) groups excluding carboxylic acids is 2. The molecule has 0 aromatic heterocycles. The molecule has 1 N–H and O–H groups in total. The number of hydrogen-bond donors (Lipinski definition) is 1. The first kappa shape index (κ1) is 19.7. The van der Waals surface area contributed by atoms with Crippen LogP contribution in [0.1, 0.15) is 44.0 Å². The Bertz CT molecular complexity index is 583. The third-order valence-corrected chi connectivity index (χ3v) is 3.31. The first-order valence-electron chi connectivity index (χ1n) is 8.03. The molecule has 0 aliphatic rings. The standard InChI is InChI=1S/C18H25NO5/c1-13(2)11-19(12-18(22)23)17(21)8-5-9-24-16-7-4-6-15(10-16)14(3)20/h4,6-7,10,13H,5,8-9,11-12H2,1-3H3,(H,22,23). The Kier molecular flexibility index (Phi) is 7.95. The van der Waals surface area contributed by atoms with Crippen LogP contribution in [0.3, 0.4) is 0 Å². The van der Waals surface area contributed by atoms with Crippen molar-refractivity contribution in [2.24, 2.45) is 5.92 Å². The zero-order valence-corrected chi connectivity index (χ0v) is 14.4. The fourth-order valence-electron chi connectivity index (χ4n) is 2.23. The molecule has 0 fully saturated rings. The van der Waals surface area contributed by atoms with Crippen molar-refractivity contribution in [3.63, 3.8) is 0 Å². The number of carbonyl (C=O) groups is 3. The summed E-state index contributed by atoms with van der Waals surface area (Å²) in [7, 11) is 0. The third kappa shape index (κ3) is 7.26. The number of carboxylic acid groups (broad SMARTS) is 1. The van der Waals surface area contributed by atoms with Crippen LogP contribution < -0.4 is 4.74 Å².